The largest absolute Gasteiger partial charge is 0.270 e. The van der Waals surface area contributed by atoms with E-state index in [2.05, 4.69) is 58.1 Å². The number of halogens is 1. The first-order chi connectivity index (χ1) is 13.2. The zero-order valence-electron chi connectivity index (χ0n) is 14.8. The fraction of sp³-hybridized carbons (Fsp3) is 0.0909. The molecule has 0 aliphatic heterocycles. The van der Waals surface area contributed by atoms with Gasteiger partial charge in [-0.1, -0.05) is 78.0 Å². The predicted molar refractivity (Wildman–Crippen MR) is 113 cm³/mol. The quantitative estimate of drug-likeness (QED) is 0.380. The van der Waals surface area contributed by atoms with Crippen molar-refractivity contribution in [1.29, 1.82) is 0 Å². The minimum absolute atomic E-state index is 0.684. The van der Waals surface area contributed by atoms with Crippen LogP contribution >= 0.6 is 23.4 Å². The number of nitrogens with zero attached hydrogens (tertiary/aromatic N) is 3. The predicted octanol–water partition coefficient (Wildman–Crippen LogP) is 6.19. The van der Waals surface area contributed by atoms with Gasteiger partial charge in [-0.25, -0.2) is 0 Å². The molecule has 0 spiro atoms. The minimum Gasteiger partial charge on any atom is -0.270 e. The van der Waals surface area contributed by atoms with Gasteiger partial charge in [0.2, 0.25) is 0 Å². The number of rotatable bonds is 5. The van der Waals surface area contributed by atoms with Crippen LogP contribution in [0.1, 0.15) is 11.1 Å². The van der Waals surface area contributed by atoms with Gasteiger partial charge in [0.1, 0.15) is 0 Å². The van der Waals surface area contributed by atoms with Crippen molar-refractivity contribution >= 4 is 23.4 Å². The fourth-order valence-corrected chi connectivity index (χ4v) is 4.12. The van der Waals surface area contributed by atoms with Gasteiger partial charge in [-0.15, -0.1) is 10.2 Å². The van der Waals surface area contributed by atoms with E-state index in [1.807, 2.05) is 42.5 Å². The van der Waals surface area contributed by atoms with E-state index in [9.17, 15) is 0 Å². The van der Waals surface area contributed by atoms with Crippen LogP contribution < -0.4 is 0 Å². The Bertz CT molecular complexity index is 1060. The molecule has 4 rings (SSSR count). The maximum atomic E-state index is 6.20. The second-order valence-electron chi connectivity index (χ2n) is 6.20. The highest BCUT2D eigenvalue weighted by atomic mass is 35.5. The van der Waals surface area contributed by atoms with Crippen molar-refractivity contribution in [2.24, 2.45) is 0 Å². The lowest BCUT2D eigenvalue weighted by molar-refractivity contribution is 0.886. The second kappa shape index (κ2) is 7.99. The van der Waals surface area contributed by atoms with Crippen molar-refractivity contribution in [3.8, 4) is 17.1 Å². The summed E-state index contributed by atoms with van der Waals surface area (Å²) in [7, 11) is 0. The third kappa shape index (κ3) is 3.92. The van der Waals surface area contributed by atoms with E-state index in [-0.39, 0.29) is 0 Å². The minimum atomic E-state index is 0.684. The van der Waals surface area contributed by atoms with E-state index in [1.165, 1.54) is 11.1 Å². The maximum absolute atomic E-state index is 6.20. The van der Waals surface area contributed by atoms with Crippen molar-refractivity contribution in [2.45, 2.75) is 17.8 Å². The molecule has 0 aliphatic carbocycles. The van der Waals surface area contributed by atoms with Gasteiger partial charge in [0.25, 0.3) is 0 Å². The molecule has 0 atom stereocenters. The van der Waals surface area contributed by atoms with Crippen molar-refractivity contribution in [2.75, 3.05) is 0 Å². The summed E-state index contributed by atoms with van der Waals surface area (Å²) in [4.78, 5) is 0. The molecule has 3 nitrogen and oxygen atoms in total. The molecular formula is C22H18ClN3S. The molecular weight excluding hydrogens is 374 g/mol. The number of hydrogen-bond acceptors (Lipinski definition) is 3. The highest BCUT2D eigenvalue weighted by Gasteiger charge is 2.16. The fourth-order valence-electron chi connectivity index (χ4n) is 2.90. The topological polar surface area (TPSA) is 30.7 Å². The molecule has 0 unspecified atom stereocenters. The molecule has 0 radical (unpaired) electrons. The van der Waals surface area contributed by atoms with Crippen LogP contribution in [-0.2, 0) is 5.75 Å². The summed E-state index contributed by atoms with van der Waals surface area (Å²) in [6, 6.07) is 26.3. The van der Waals surface area contributed by atoms with Crippen LogP contribution in [0.15, 0.2) is 84.0 Å². The molecule has 27 heavy (non-hydrogen) atoms. The molecule has 1 heterocycles. The van der Waals surface area contributed by atoms with Crippen LogP contribution in [0.4, 0.5) is 0 Å². The van der Waals surface area contributed by atoms with Gasteiger partial charge in [0.05, 0.1) is 0 Å². The van der Waals surface area contributed by atoms with Crippen LogP contribution in [0.5, 0.6) is 0 Å². The molecule has 0 aliphatic rings. The van der Waals surface area contributed by atoms with E-state index in [0.717, 1.165) is 28.0 Å². The molecule has 0 bridgehead atoms. The number of thioether (sulfide) groups is 1. The van der Waals surface area contributed by atoms with Crippen molar-refractivity contribution in [1.82, 2.24) is 14.8 Å². The molecule has 134 valence electrons. The molecule has 0 N–H and O–H groups in total. The average molecular weight is 392 g/mol. The van der Waals surface area contributed by atoms with Gasteiger partial charge in [-0.3, -0.25) is 4.57 Å². The first-order valence-electron chi connectivity index (χ1n) is 8.66. The summed E-state index contributed by atoms with van der Waals surface area (Å²) < 4.78 is 2.09. The van der Waals surface area contributed by atoms with E-state index in [4.69, 9.17) is 11.6 Å². The number of para-hydroxylation sites is 1. The molecule has 3 aromatic carbocycles. The smallest absolute Gasteiger partial charge is 0.196 e. The highest BCUT2D eigenvalue weighted by molar-refractivity contribution is 7.98. The van der Waals surface area contributed by atoms with E-state index in [1.54, 1.807) is 11.8 Å². The van der Waals surface area contributed by atoms with E-state index < -0.39 is 0 Å². The van der Waals surface area contributed by atoms with Gasteiger partial charge in [-0.05, 0) is 42.3 Å². The lowest BCUT2D eigenvalue weighted by Crippen LogP contribution is -1.99. The van der Waals surface area contributed by atoms with Gasteiger partial charge < -0.3 is 0 Å². The number of aromatic nitrogens is 3. The Morgan fingerprint density at radius 1 is 0.889 bits per heavy atom. The normalized spacial score (nSPS) is 10.9. The Hall–Kier alpha value is -2.56. The zero-order chi connectivity index (χ0) is 18.6. The summed E-state index contributed by atoms with van der Waals surface area (Å²) in [5.74, 6) is 1.63. The van der Waals surface area contributed by atoms with E-state index >= 15 is 0 Å². The molecule has 0 amide bonds. The lowest BCUT2D eigenvalue weighted by Gasteiger charge is -2.11. The standard InChI is InChI=1S/C22H18ClN3S/c1-16-8-5-6-9-18(16)15-27-22-25-24-21(17-10-7-11-19(23)14-17)26(22)20-12-3-2-4-13-20/h2-14H,15H2,1H3. The summed E-state index contributed by atoms with van der Waals surface area (Å²) in [6.45, 7) is 2.13. The monoisotopic (exact) mass is 391 g/mol. The Morgan fingerprint density at radius 3 is 2.44 bits per heavy atom. The summed E-state index contributed by atoms with van der Waals surface area (Å²) in [5, 5.41) is 10.5. The van der Waals surface area contributed by atoms with Crippen molar-refractivity contribution in [3.05, 3.63) is 95.0 Å². The van der Waals surface area contributed by atoms with Crippen LogP contribution in [-0.4, -0.2) is 14.8 Å². The van der Waals surface area contributed by atoms with Gasteiger partial charge in [0.15, 0.2) is 11.0 Å². The van der Waals surface area contributed by atoms with Gasteiger partial charge in [-0.2, -0.15) is 0 Å². The third-order valence-electron chi connectivity index (χ3n) is 4.35. The number of aryl methyl sites for hydroxylation is 1. The van der Waals surface area contributed by atoms with Crippen LogP contribution in [0.2, 0.25) is 5.02 Å². The van der Waals surface area contributed by atoms with Crippen molar-refractivity contribution < 1.29 is 0 Å². The van der Waals surface area contributed by atoms with E-state index in [0.29, 0.717) is 5.02 Å². The SMILES string of the molecule is Cc1ccccc1CSc1nnc(-c2cccc(Cl)c2)n1-c1ccccc1. The van der Waals surface area contributed by atoms with Crippen LogP contribution in [0, 0.1) is 6.92 Å². The zero-order valence-corrected chi connectivity index (χ0v) is 16.4. The van der Waals surface area contributed by atoms with Gasteiger partial charge in [0, 0.05) is 22.0 Å². The maximum Gasteiger partial charge on any atom is 0.196 e. The first kappa shape index (κ1) is 17.8. The summed E-state index contributed by atoms with van der Waals surface area (Å²) in [6.07, 6.45) is 0. The Kier molecular flexibility index (Phi) is 5.28. The lowest BCUT2D eigenvalue weighted by atomic mass is 10.1. The molecule has 0 fully saturated rings. The molecule has 4 aromatic rings. The Labute approximate surface area is 168 Å². The molecule has 5 heteroatoms. The second-order valence-corrected chi connectivity index (χ2v) is 7.58. The number of benzene rings is 3. The van der Waals surface area contributed by atoms with Gasteiger partial charge >= 0.3 is 0 Å². The van der Waals surface area contributed by atoms with Crippen LogP contribution in [0.25, 0.3) is 17.1 Å². The molecule has 0 saturated carbocycles. The average Bonchev–Trinajstić information content (AvgIpc) is 3.12. The molecule has 1 aromatic heterocycles. The Balaban J connectivity index is 1.75. The number of hydrogen-bond donors (Lipinski definition) is 0. The first-order valence-corrected chi connectivity index (χ1v) is 10.0. The summed E-state index contributed by atoms with van der Waals surface area (Å²) >= 11 is 7.88. The molecule has 0 saturated heterocycles. The Morgan fingerprint density at radius 2 is 1.67 bits per heavy atom. The summed E-state index contributed by atoms with van der Waals surface area (Å²) in [5.41, 5.74) is 4.56. The van der Waals surface area contributed by atoms with Crippen molar-refractivity contribution in [3.63, 3.8) is 0 Å². The highest BCUT2D eigenvalue weighted by Crippen LogP contribution is 2.31. The third-order valence-corrected chi connectivity index (χ3v) is 5.56. The van der Waals surface area contributed by atoms with Crippen LogP contribution in [0.3, 0.4) is 0 Å².